The third-order valence-electron chi connectivity index (χ3n) is 2.72. The monoisotopic (exact) mass is 403 g/mol. The molecular weight excluding hydrogens is 390 g/mol. The van der Waals surface area contributed by atoms with E-state index in [1.165, 1.54) is 14.2 Å². The molecule has 0 bridgehead atoms. The number of thiophene rings is 1. The van der Waals surface area contributed by atoms with Gasteiger partial charge in [0.15, 0.2) is 0 Å². The lowest BCUT2D eigenvalue weighted by molar-refractivity contribution is 0.321. The molecule has 0 aliphatic carbocycles. The summed E-state index contributed by atoms with van der Waals surface area (Å²) in [4.78, 5) is 3.66. The summed E-state index contributed by atoms with van der Waals surface area (Å²) >= 11 is 8.80. The van der Waals surface area contributed by atoms with Gasteiger partial charge in [-0.1, -0.05) is 6.07 Å². The third kappa shape index (κ3) is 4.31. The van der Waals surface area contributed by atoms with Crippen LogP contribution in [0.2, 0.25) is 0 Å². The molecule has 0 saturated carbocycles. The fourth-order valence-electron chi connectivity index (χ4n) is 1.88. The average molecular weight is 405 g/mol. The molecule has 0 radical (unpaired) electrons. The number of rotatable bonds is 5. The normalized spacial score (nSPS) is 11.0. The second-order valence-corrected chi connectivity index (χ2v) is 7.75. The fraction of sp³-hybridized carbons (Fsp3) is 0.286. The van der Waals surface area contributed by atoms with Crippen LogP contribution in [0.15, 0.2) is 38.6 Å². The zero-order valence-electron chi connectivity index (χ0n) is 10.8. The molecule has 0 aliphatic heterocycles. The Hall–Kier alpha value is -0.360. The largest absolute Gasteiger partial charge is 0.496 e. The van der Waals surface area contributed by atoms with Crippen molar-refractivity contribution in [2.75, 3.05) is 14.2 Å². The quantitative estimate of drug-likeness (QED) is 0.701. The molecule has 2 rings (SSSR count). The minimum atomic E-state index is 0.869. The van der Waals surface area contributed by atoms with Crippen LogP contribution in [0.5, 0.6) is 5.75 Å². The molecule has 0 spiro atoms. The van der Waals surface area contributed by atoms with Crippen molar-refractivity contribution in [3.63, 3.8) is 0 Å². The van der Waals surface area contributed by atoms with Gasteiger partial charge in [-0.2, -0.15) is 0 Å². The number of hydrogen-bond donors (Lipinski definition) is 0. The lowest BCUT2D eigenvalue weighted by atomic mass is 10.2. The summed E-state index contributed by atoms with van der Waals surface area (Å²) in [6.45, 7) is 1.87. The zero-order chi connectivity index (χ0) is 13.8. The molecule has 0 unspecified atom stereocenters. The van der Waals surface area contributed by atoms with Crippen LogP contribution in [0.4, 0.5) is 0 Å². The smallest absolute Gasteiger partial charge is 0.133 e. The molecule has 5 heteroatoms. The van der Waals surface area contributed by atoms with E-state index in [0.717, 1.165) is 23.3 Å². The molecule has 2 nitrogen and oxygen atoms in total. The van der Waals surface area contributed by atoms with Gasteiger partial charge in [0.1, 0.15) is 5.75 Å². The Balaban J connectivity index is 1.98. The van der Waals surface area contributed by atoms with Gasteiger partial charge >= 0.3 is 0 Å². The first-order valence-corrected chi connectivity index (χ1v) is 8.24. The van der Waals surface area contributed by atoms with Gasteiger partial charge in [0.25, 0.3) is 0 Å². The van der Waals surface area contributed by atoms with E-state index in [0.29, 0.717) is 0 Å². The van der Waals surface area contributed by atoms with Crippen molar-refractivity contribution in [1.82, 2.24) is 4.90 Å². The van der Waals surface area contributed by atoms with E-state index in [1.807, 2.05) is 6.07 Å². The van der Waals surface area contributed by atoms with Crippen LogP contribution in [0.3, 0.4) is 0 Å². The summed E-state index contributed by atoms with van der Waals surface area (Å²) in [5, 5.41) is 0. The molecule has 0 saturated heterocycles. The second kappa shape index (κ2) is 6.88. The molecule has 0 N–H and O–H groups in total. The Labute approximate surface area is 134 Å². The Bertz CT molecular complexity index is 556. The van der Waals surface area contributed by atoms with Gasteiger partial charge in [-0.05, 0) is 68.7 Å². The average Bonchev–Trinajstić information content (AvgIpc) is 2.74. The molecule has 19 heavy (non-hydrogen) atoms. The number of ether oxygens (including phenoxy) is 1. The number of halogens is 2. The molecule has 1 aromatic heterocycles. The SMILES string of the molecule is COc1ccc(CN(C)Cc2ccc(Br)s2)cc1Br. The van der Waals surface area contributed by atoms with Gasteiger partial charge in [0, 0.05) is 18.0 Å². The molecule has 1 heterocycles. The fourth-order valence-corrected chi connectivity index (χ4v) is 4.03. The molecule has 0 fully saturated rings. The van der Waals surface area contributed by atoms with Gasteiger partial charge in [-0.15, -0.1) is 11.3 Å². The van der Waals surface area contributed by atoms with Gasteiger partial charge < -0.3 is 4.74 Å². The highest BCUT2D eigenvalue weighted by molar-refractivity contribution is 9.11. The second-order valence-electron chi connectivity index (χ2n) is 4.35. The van der Waals surface area contributed by atoms with Crippen molar-refractivity contribution < 1.29 is 4.74 Å². The highest BCUT2D eigenvalue weighted by Gasteiger charge is 2.06. The number of nitrogens with zero attached hydrogens (tertiary/aromatic N) is 1. The summed E-state index contributed by atoms with van der Waals surface area (Å²) in [7, 11) is 3.81. The standard InChI is InChI=1S/C14H15Br2NOS/c1-17(9-11-4-6-14(16)19-11)8-10-3-5-13(18-2)12(15)7-10/h3-7H,8-9H2,1-2H3. The van der Waals surface area contributed by atoms with Crippen molar-refractivity contribution >= 4 is 43.2 Å². The lowest BCUT2D eigenvalue weighted by Crippen LogP contribution is -2.16. The summed E-state index contributed by atoms with van der Waals surface area (Å²) in [6.07, 6.45) is 0. The maximum Gasteiger partial charge on any atom is 0.133 e. The first kappa shape index (κ1) is 15.0. The van der Waals surface area contributed by atoms with Crippen LogP contribution in [0, 0.1) is 0 Å². The van der Waals surface area contributed by atoms with Gasteiger partial charge in [-0.3, -0.25) is 4.90 Å². The van der Waals surface area contributed by atoms with Crippen molar-refractivity contribution in [2.24, 2.45) is 0 Å². The van der Waals surface area contributed by atoms with Gasteiger partial charge in [0.2, 0.25) is 0 Å². The van der Waals surface area contributed by atoms with Crippen molar-refractivity contribution in [2.45, 2.75) is 13.1 Å². The van der Waals surface area contributed by atoms with E-state index in [-0.39, 0.29) is 0 Å². The predicted octanol–water partition coefficient (Wildman–Crippen LogP) is 4.91. The van der Waals surface area contributed by atoms with Gasteiger partial charge in [-0.25, -0.2) is 0 Å². The van der Waals surface area contributed by atoms with Crippen molar-refractivity contribution in [1.29, 1.82) is 0 Å². The van der Waals surface area contributed by atoms with Crippen LogP contribution >= 0.6 is 43.2 Å². The summed E-state index contributed by atoms with van der Waals surface area (Å²) in [5.74, 6) is 0.869. The molecular formula is C14H15Br2NOS. The summed E-state index contributed by atoms with van der Waals surface area (Å²) < 4.78 is 7.42. The Kier molecular flexibility index (Phi) is 5.45. The molecule has 102 valence electrons. The van der Waals surface area contributed by atoms with E-state index in [9.17, 15) is 0 Å². The van der Waals surface area contributed by atoms with E-state index in [2.05, 4.69) is 68.1 Å². The molecule has 0 atom stereocenters. The Morgan fingerprint density at radius 1 is 1.16 bits per heavy atom. The Morgan fingerprint density at radius 2 is 1.95 bits per heavy atom. The van der Waals surface area contributed by atoms with Crippen molar-refractivity contribution in [3.8, 4) is 5.75 Å². The number of benzene rings is 1. The lowest BCUT2D eigenvalue weighted by Gasteiger charge is -2.16. The highest BCUT2D eigenvalue weighted by atomic mass is 79.9. The topological polar surface area (TPSA) is 12.5 Å². The first-order valence-electron chi connectivity index (χ1n) is 5.83. The highest BCUT2D eigenvalue weighted by Crippen LogP contribution is 2.27. The van der Waals surface area contributed by atoms with Gasteiger partial charge in [0.05, 0.1) is 15.4 Å². The van der Waals surface area contributed by atoms with Crippen LogP contribution in [0.1, 0.15) is 10.4 Å². The zero-order valence-corrected chi connectivity index (χ0v) is 14.8. The first-order chi connectivity index (χ1) is 9.08. The van der Waals surface area contributed by atoms with Crippen LogP contribution in [-0.4, -0.2) is 19.1 Å². The number of methoxy groups -OCH3 is 1. The predicted molar refractivity (Wildman–Crippen MR) is 87.9 cm³/mol. The molecule has 1 aromatic carbocycles. The van der Waals surface area contributed by atoms with Crippen molar-refractivity contribution in [3.05, 3.63) is 49.0 Å². The maximum absolute atomic E-state index is 5.24. The summed E-state index contributed by atoms with van der Waals surface area (Å²) in [6, 6.07) is 10.5. The van der Waals surface area contributed by atoms with E-state index in [1.54, 1.807) is 18.4 Å². The van der Waals surface area contributed by atoms with Crippen LogP contribution < -0.4 is 4.74 Å². The Morgan fingerprint density at radius 3 is 2.53 bits per heavy atom. The number of hydrogen-bond acceptors (Lipinski definition) is 3. The van der Waals surface area contributed by atoms with E-state index < -0.39 is 0 Å². The van der Waals surface area contributed by atoms with E-state index in [4.69, 9.17) is 4.74 Å². The maximum atomic E-state index is 5.24. The third-order valence-corrected chi connectivity index (χ3v) is 4.95. The molecule has 2 aromatic rings. The molecule has 0 aliphatic rings. The van der Waals surface area contributed by atoms with E-state index >= 15 is 0 Å². The van der Waals surface area contributed by atoms with Crippen LogP contribution in [0.25, 0.3) is 0 Å². The minimum Gasteiger partial charge on any atom is -0.496 e. The minimum absolute atomic E-state index is 0.869. The summed E-state index contributed by atoms with van der Waals surface area (Å²) in [5.41, 5.74) is 1.27. The molecule has 0 amide bonds. The van der Waals surface area contributed by atoms with Crippen LogP contribution in [-0.2, 0) is 13.1 Å².